The second-order valence-electron chi connectivity index (χ2n) is 6.69. The number of nitrogens with zero attached hydrogens (tertiary/aromatic N) is 2. The highest BCUT2D eigenvalue weighted by Gasteiger charge is 2.31. The molecular formula is C16H34I2N2O4S. The first-order valence-electron chi connectivity index (χ1n) is 8.15. The molecule has 2 atom stereocenters. The minimum Gasteiger partial charge on any atom is -2.00 e. The first-order chi connectivity index (χ1) is 10.9. The van der Waals surface area contributed by atoms with Crippen molar-refractivity contribution in [2.75, 3.05) is 54.5 Å². The Kier molecular flexibility index (Phi) is 18.4. The Bertz CT molecular complexity index is 360. The van der Waals surface area contributed by atoms with E-state index in [4.69, 9.17) is 10.2 Å². The van der Waals surface area contributed by atoms with Gasteiger partial charge in [0.1, 0.15) is 20.9 Å². The molecule has 0 aromatic rings. The maximum atomic E-state index is 11.6. The molecule has 2 unspecified atom stereocenters. The van der Waals surface area contributed by atoms with E-state index in [0.29, 0.717) is 13.1 Å². The summed E-state index contributed by atoms with van der Waals surface area (Å²) in [7, 11) is 7.33. The summed E-state index contributed by atoms with van der Waals surface area (Å²) in [6, 6.07) is 0. The molecule has 0 aliphatic heterocycles. The minimum atomic E-state index is 0. The van der Waals surface area contributed by atoms with Crippen molar-refractivity contribution in [1.82, 2.24) is 0 Å². The summed E-state index contributed by atoms with van der Waals surface area (Å²) >= 11 is 4.30. The van der Waals surface area contributed by atoms with E-state index in [1.807, 2.05) is 42.0 Å². The number of halogens is 2. The lowest BCUT2D eigenvalue weighted by molar-refractivity contribution is -0.814. The Morgan fingerprint density at radius 2 is 1.04 bits per heavy atom. The summed E-state index contributed by atoms with van der Waals surface area (Å²) < 4.78 is 0.670. The summed E-state index contributed by atoms with van der Waals surface area (Å²) in [5.41, 5.74) is 0. The lowest BCUT2D eigenvalue weighted by atomic mass is 10.3. The molecule has 0 saturated heterocycles. The number of aliphatic hydroxyl groups excluding tert-OH is 2. The zero-order valence-corrected chi connectivity index (χ0v) is 21.3. The number of likely N-dealkylation sites (N-methyl/N-ethyl adjacent to an activating group) is 2. The Labute approximate surface area is 187 Å². The summed E-state index contributed by atoms with van der Waals surface area (Å²) in [5.74, 6) is 0.374. The smallest absolute Gasteiger partial charge is 0.326 e. The molecular weight excluding hydrogens is 570 g/mol. The summed E-state index contributed by atoms with van der Waals surface area (Å²) in [6.07, 6.45) is 1.71. The molecule has 0 aliphatic carbocycles. The molecule has 6 nitrogen and oxygen atoms in total. The van der Waals surface area contributed by atoms with Gasteiger partial charge in [-0.1, -0.05) is 59.0 Å². The van der Waals surface area contributed by atoms with E-state index >= 15 is 0 Å². The van der Waals surface area contributed by atoms with Gasteiger partial charge in [0, 0.05) is 0 Å². The standard InChI is InChI=1S/2C8H17INO2.S/c2*1-4-7(9)8(12)10(2,3)5-6-11;/h2*7,11H,4-6H2,1-3H3;/q2*+1;-2. The molecule has 0 aliphatic rings. The van der Waals surface area contributed by atoms with Gasteiger partial charge in [-0.25, -0.2) is 9.59 Å². The van der Waals surface area contributed by atoms with Crippen molar-refractivity contribution in [1.29, 1.82) is 0 Å². The maximum absolute atomic E-state index is 11.6. The number of aliphatic hydroxyl groups is 2. The lowest BCUT2D eigenvalue weighted by Gasteiger charge is -2.27. The molecule has 0 spiro atoms. The van der Waals surface area contributed by atoms with Crippen LogP contribution >= 0.6 is 45.2 Å². The van der Waals surface area contributed by atoms with Gasteiger partial charge in [-0.2, -0.15) is 0 Å². The minimum absolute atomic E-state index is 0. The Morgan fingerprint density at radius 1 is 0.800 bits per heavy atom. The van der Waals surface area contributed by atoms with Gasteiger partial charge in [-0.05, 0) is 12.8 Å². The van der Waals surface area contributed by atoms with Crippen molar-refractivity contribution < 1.29 is 28.8 Å². The van der Waals surface area contributed by atoms with Crippen LogP contribution in [-0.2, 0) is 23.1 Å². The monoisotopic (exact) mass is 604 g/mol. The first-order valence-corrected chi connectivity index (χ1v) is 10.6. The zero-order valence-electron chi connectivity index (χ0n) is 16.2. The van der Waals surface area contributed by atoms with Crippen LogP contribution in [0.5, 0.6) is 0 Å². The van der Waals surface area contributed by atoms with Crippen LogP contribution in [0.2, 0.25) is 0 Å². The molecule has 0 saturated carbocycles. The molecule has 2 N–H and O–H groups in total. The second kappa shape index (κ2) is 15.0. The average Bonchev–Trinajstić information content (AvgIpc) is 2.52. The molecule has 0 bridgehead atoms. The van der Waals surface area contributed by atoms with Gasteiger partial charge in [0.15, 0.2) is 0 Å². The largest absolute Gasteiger partial charge is 2.00 e. The first kappa shape index (κ1) is 30.7. The van der Waals surface area contributed by atoms with Crippen molar-refractivity contribution in [3.63, 3.8) is 0 Å². The second-order valence-corrected chi connectivity index (χ2v) is 9.70. The number of quaternary nitrogens is 2. The molecule has 0 fully saturated rings. The van der Waals surface area contributed by atoms with Crippen molar-refractivity contribution in [3.05, 3.63) is 0 Å². The zero-order chi connectivity index (χ0) is 19.6. The van der Waals surface area contributed by atoms with Crippen LogP contribution in [0.25, 0.3) is 0 Å². The van der Waals surface area contributed by atoms with Crippen molar-refractivity contribution in [3.8, 4) is 0 Å². The quantitative estimate of drug-likeness (QED) is 0.251. The Balaban J connectivity index is -0.000000372. The number of amides is 2. The van der Waals surface area contributed by atoms with E-state index in [1.54, 1.807) is 0 Å². The van der Waals surface area contributed by atoms with Gasteiger partial charge in [0.25, 0.3) is 0 Å². The van der Waals surface area contributed by atoms with Crippen LogP contribution in [0, 0.1) is 0 Å². The van der Waals surface area contributed by atoms with Crippen LogP contribution in [0.4, 0.5) is 0 Å². The average molecular weight is 604 g/mol. The Hall–Kier alpha value is 0.990. The predicted octanol–water partition coefficient (Wildman–Crippen LogP) is 1.59. The third-order valence-corrected chi connectivity index (χ3v) is 6.59. The third kappa shape index (κ3) is 12.1. The molecule has 2 amide bonds. The number of alkyl halides is 2. The highest BCUT2D eigenvalue weighted by atomic mass is 127. The van der Waals surface area contributed by atoms with E-state index in [0.717, 1.165) is 12.8 Å². The highest BCUT2D eigenvalue weighted by Crippen LogP contribution is 2.13. The van der Waals surface area contributed by atoms with Crippen LogP contribution < -0.4 is 0 Å². The number of hydrogen-bond donors (Lipinski definition) is 2. The van der Waals surface area contributed by atoms with Crippen molar-refractivity contribution >= 4 is 70.5 Å². The van der Waals surface area contributed by atoms with Gasteiger partial charge < -0.3 is 23.7 Å². The van der Waals surface area contributed by atoms with E-state index in [1.165, 1.54) is 0 Å². The normalized spacial score (nSPS) is 13.8. The number of rotatable bonds is 8. The fourth-order valence-electron chi connectivity index (χ4n) is 1.83. The van der Waals surface area contributed by atoms with Gasteiger partial charge in [0.05, 0.1) is 41.4 Å². The molecule has 0 rings (SSSR count). The van der Waals surface area contributed by atoms with Crippen LogP contribution in [0.3, 0.4) is 0 Å². The lowest BCUT2D eigenvalue weighted by Crippen LogP contribution is -2.50. The molecule has 0 radical (unpaired) electrons. The van der Waals surface area contributed by atoms with E-state index in [9.17, 15) is 9.59 Å². The van der Waals surface area contributed by atoms with Gasteiger partial charge >= 0.3 is 11.8 Å². The van der Waals surface area contributed by atoms with E-state index in [2.05, 4.69) is 45.2 Å². The molecule has 0 aromatic heterocycles. The summed E-state index contributed by atoms with van der Waals surface area (Å²) in [4.78, 5) is 23.3. The van der Waals surface area contributed by atoms with Gasteiger partial charge in [0.2, 0.25) is 0 Å². The Morgan fingerprint density at radius 3 is 1.20 bits per heavy atom. The third-order valence-electron chi connectivity index (χ3n) is 3.76. The van der Waals surface area contributed by atoms with Gasteiger partial charge in [-0.3, -0.25) is 8.97 Å². The predicted molar refractivity (Wildman–Crippen MR) is 122 cm³/mol. The van der Waals surface area contributed by atoms with E-state index < -0.39 is 0 Å². The number of hydrogen-bond acceptors (Lipinski definition) is 4. The highest BCUT2D eigenvalue weighted by molar-refractivity contribution is 14.1. The van der Waals surface area contributed by atoms with Crippen molar-refractivity contribution in [2.45, 2.75) is 34.5 Å². The van der Waals surface area contributed by atoms with E-state index in [-0.39, 0.29) is 55.3 Å². The summed E-state index contributed by atoms with van der Waals surface area (Å²) in [5, 5.41) is 17.5. The summed E-state index contributed by atoms with van der Waals surface area (Å²) in [6.45, 7) is 5.11. The maximum Gasteiger partial charge on any atom is 0.326 e. The number of carbonyl (C=O) groups excluding carboxylic acids is 2. The SMILES string of the molecule is CCC(I)C(=O)[N+](C)(C)CCO.CCC(I)C(=O)[N+](C)(C)CCO.[S-2]. The molecule has 0 aromatic carbocycles. The molecule has 152 valence electrons. The number of carbonyl (C=O) groups is 2. The van der Waals surface area contributed by atoms with Gasteiger partial charge in [-0.15, -0.1) is 0 Å². The van der Waals surface area contributed by atoms with Crippen LogP contribution in [0.1, 0.15) is 26.7 Å². The molecule has 9 heteroatoms. The fourth-order valence-corrected chi connectivity index (χ4v) is 3.34. The fraction of sp³-hybridized carbons (Fsp3) is 0.875. The van der Waals surface area contributed by atoms with Crippen LogP contribution in [0.15, 0.2) is 0 Å². The van der Waals surface area contributed by atoms with Crippen molar-refractivity contribution in [2.24, 2.45) is 0 Å². The molecule has 0 heterocycles. The van der Waals surface area contributed by atoms with Crippen LogP contribution in [-0.4, -0.2) is 93.3 Å². The topological polar surface area (TPSA) is 74.6 Å². The molecule has 25 heavy (non-hydrogen) atoms.